The van der Waals surface area contributed by atoms with Crippen molar-refractivity contribution >= 4 is 35.0 Å². The second-order valence-electron chi connectivity index (χ2n) is 2.31. The van der Waals surface area contributed by atoms with Crippen LogP contribution in [0.25, 0.3) is 0 Å². The van der Waals surface area contributed by atoms with Gasteiger partial charge in [0.25, 0.3) is 0 Å². The minimum Gasteiger partial charge on any atom is -0.333 e. The van der Waals surface area contributed by atoms with E-state index in [0.29, 0.717) is 0 Å². The number of hydrogen-bond acceptors (Lipinski definition) is 4. The zero-order valence-corrected chi connectivity index (χ0v) is 8.18. The molecular formula is C7H9ClN2OS. The fourth-order valence-electron chi connectivity index (χ4n) is 0.800. The molecule has 1 rings (SSSR count). The van der Waals surface area contributed by atoms with E-state index < -0.39 is 0 Å². The van der Waals surface area contributed by atoms with E-state index in [1.807, 2.05) is 5.38 Å². The third-order valence-corrected chi connectivity index (χ3v) is 2.36. The largest absolute Gasteiger partial charge is 0.333 e. The van der Waals surface area contributed by atoms with Gasteiger partial charge in [-0.25, -0.2) is 4.98 Å². The van der Waals surface area contributed by atoms with Gasteiger partial charge < -0.3 is 9.69 Å². The van der Waals surface area contributed by atoms with Crippen LogP contribution in [0.15, 0.2) is 10.9 Å². The Hall–Kier alpha value is -0.610. The molecule has 5 heteroatoms. The van der Waals surface area contributed by atoms with Crippen LogP contribution in [-0.4, -0.2) is 23.3 Å². The summed E-state index contributed by atoms with van der Waals surface area (Å²) in [5, 5.41) is 1.86. The number of halogens is 1. The normalized spacial score (nSPS) is 12.5. The summed E-state index contributed by atoms with van der Waals surface area (Å²) < 4.78 is 0. The standard InChI is InChI=1S/C7H9ClN2OS/c1-6(2-11)10(4-8)7-3-12-5-9-7/h2-3,5-6H,4H2,1H3. The predicted molar refractivity (Wildman–Crippen MR) is 50.8 cm³/mol. The van der Waals surface area contributed by atoms with E-state index >= 15 is 0 Å². The monoisotopic (exact) mass is 204 g/mol. The zero-order valence-electron chi connectivity index (χ0n) is 6.61. The SMILES string of the molecule is CC(C=O)N(CCl)c1cscn1. The Balaban J connectivity index is 2.75. The maximum Gasteiger partial charge on any atom is 0.142 e. The number of anilines is 1. The van der Waals surface area contributed by atoms with Crippen molar-refractivity contribution in [3.8, 4) is 0 Å². The van der Waals surface area contributed by atoms with Gasteiger partial charge in [0.15, 0.2) is 0 Å². The van der Waals surface area contributed by atoms with E-state index in [4.69, 9.17) is 11.6 Å². The fraction of sp³-hybridized carbons (Fsp3) is 0.429. The summed E-state index contributed by atoms with van der Waals surface area (Å²) in [6.45, 7) is 1.79. The van der Waals surface area contributed by atoms with Crippen LogP contribution in [0.5, 0.6) is 0 Å². The first kappa shape index (κ1) is 9.48. The van der Waals surface area contributed by atoms with Gasteiger partial charge in [-0.1, -0.05) is 0 Å². The highest BCUT2D eigenvalue weighted by Gasteiger charge is 2.13. The van der Waals surface area contributed by atoms with Gasteiger partial charge in [-0.2, -0.15) is 0 Å². The van der Waals surface area contributed by atoms with E-state index in [-0.39, 0.29) is 12.0 Å². The number of aldehydes is 1. The summed E-state index contributed by atoms with van der Waals surface area (Å²) in [5.74, 6) is 0.759. The lowest BCUT2D eigenvalue weighted by Gasteiger charge is -2.21. The third-order valence-electron chi connectivity index (χ3n) is 1.53. The quantitative estimate of drug-likeness (QED) is 0.426. The number of nitrogens with zero attached hydrogens (tertiary/aromatic N) is 2. The molecule has 1 atom stereocenters. The molecular weight excluding hydrogens is 196 g/mol. The van der Waals surface area contributed by atoms with Gasteiger partial charge >= 0.3 is 0 Å². The molecule has 12 heavy (non-hydrogen) atoms. The molecule has 1 aromatic rings. The number of thiazole rings is 1. The van der Waals surface area contributed by atoms with E-state index in [9.17, 15) is 4.79 Å². The first-order chi connectivity index (χ1) is 5.79. The molecule has 3 nitrogen and oxygen atoms in total. The fourth-order valence-corrected chi connectivity index (χ4v) is 1.69. The van der Waals surface area contributed by atoms with Crippen LogP contribution in [0, 0.1) is 0 Å². The molecule has 0 bridgehead atoms. The van der Waals surface area contributed by atoms with Crippen molar-refractivity contribution < 1.29 is 4.79 Å². The molecule has 0 aromatic carbocycles. The Bertz CT molecular complexity index is 240. The van der Waals surface area contributed by atoms with Crippen LogP contribution in [-0.2, 0) is 4.79 Å². The Kier molecular flexibility index (Phi) is 3.49. The zero-order chi connectivity index (χ0) is 8.97. The molecule has 0 saturated carbocycles. The van der Waals surface area contributed by atoms with Crippen molar-refractivity contribution in [1.82, 2.24) is 4.98 Å². The Morgan fingerprint density at radius 3 is 3.08 bits per heavy atom. The van der Waals surface area contributed by atoms with Crippen molar-refractivity contribution in [3.05, 3.63) is 10.9 Å². The molecule has 0 fully saturated rings. The van der Waals surface area contributed by atoms with Crippen LogP contribution in [0.4, 0.5) is 5.82 Å². The van der Waals surface area contributed by atoms with Crippen molar-refractivity contribution in [3.63, 3.8) is 0 Å². The van der Waals surface area contributed by atoms with Gasteiger partial charge in [-0.05, 0) is 6.92 Å². The molecule has 1 aromatic heterocycles. The van der Waals surface area contributed by atoms with Crippen LogP contribution in [0.1, 0.15) is 6.92 Å². The van der Waals surface area contributed by atoms with Gasteiger partial charge in [-0.15, -0.1) is 22.9 Å². The third kappa shape index (κ3) is 1.95. The maximum absolute atomic E-state index is 10.5. The molecule has 0 spiro atoms. The van der Waals surface area contributed by atoms with Gasteiger partial charge in [0.2, 0.25) is 0 Å². The van der Waals surface area contributed by atoms with Crippen LogP contribution < -0.4 is 4.90 Å². The summed E-state index contributed by atoms with van der Waals surface area (Å²) in [4.78, 5) is 16.3. The predicted octanol–water partition coefficient (Wildman–Crippen LogP) is 1.73. The van der Waals surface area contributed by atoms with Gasteiger partial charge in [-0.3, -0.25) is 0 Å². The molecule has 0 aliphatic rings. The summed E-state index contributed by atoms with van der Waals surface area (Å²) in [7, 11) is 0. The summed E-state index contributed by atoms with van der Waals surface area (Å²) in [6.07, 6.45) is 0.849. The molecule has 66 valence electrons. The number of carbonyl (C=O) groups is 1. The lowest BCUT2D eigenvalue weighted by atomic mass is 10.3. The van der Waals surface area contributed by atoms with Crippen molar-refractivity contribution in [2.75, 3.05) is 10.9 Å². The van der Waals surface area contributed by atoms with Gasteiger partial charge in [0, 0.05) is 5.38 Å². The molecule has 0 aliphatic carbocycles. The van der Waals surface area contributed by atoms with Gasteiger partial charge in [0.05, 0.1) is 17.6 Å². The number of aromatic nitrogens is 1. The van der Waals surface area contributed by atoms with Crippen molar-refractivity contribution in [2.45, 2.75) is 13.0 Å². The molecule has 0 amide bonds. The van der Waals surface area contributed by atoms with Crippen LogP contribution in [0.3, 0.4) is 0 Å². The Morgan fingerprint density at radius 2 is 2.67 bits per heavy atom. The first-order valence-electron chi connectivity index (χ1n) is 3.45. The maximum atomic E-state index is 10.5. The minimum absolute atomic E-state index is 0.218. The van der Waals surface area contributed by atoms with Crippen molar-refractivity contribution in [2.24, 2.45) is 0 Å². The van der Waals surface area contributed by atoms with Crippen molar-refractivity contribution in [1.29, 1.82) is 0 Å². The smallest absolute Gasteiger partial charge is 0.142 e. The molecule has 0 radical (unpaired) electrons. The second-order valence-corrected chi connectivity index (χ2v) is 3.27. The van der Waals surface area contributed by atoms with E-state index in [1.165, 1.54) is 11.3 Å². The Morgan fingerprint density at radius 1 is 1.92 bits per heavy atom. The highest BCUT2D eigenvalue weighted by atomic mass is 35.5. The lowest BCUT2D eigenvalue weighted by molar-refractivity contribution is -0.108. The van der Waals surface area contributed by atoms with Gasteiger partial charge in [0.1, 0.15) is 12.1 Å². The minimum atomic E-state index is -0.218. The van der Waals surface area contributed by atoms with E-state index in [0.717, 1.165) is 12.1 Å². The molecule has 1 heterocycles. The summed E-state index contributed by atoms with van der Waals surface area (Å²) in [5.41, 5.74) is 1.71. The topological polar surface area (TPSA) is 33.2 Å². The van der Waals surface area contributed by atoms with E-state index in [1.54, 1.807) is 17.3 Å². The second kappa shape index (κ2) is 4.42. The molecule has 0 saturated heterocycles. The molecule has 0 N–H and O–H groups in total. The van der Waals surface area contributed by atoms with Crippen LogP contribution in [0.2, 0.25) is 0 Å². The number of rotatable bonds is 4. The summed E-state index contributed by atoms with van der Waals surface area (Å²) in [6, 6.07) is 0.0634. The number of alkyl halides is 1. The molecule has 0 aliphatic heterocycles. The number of carbonyl (C=O) groups excluding carboxylic acids is 1. The highest BCUT2D eigenvalue weighted by Crippen LogP contribution is 2.16. The average molecular weight is 205 g/mol. The highest BCUT2D eigenvalue weighted by molar-refractivity contribution is 7.07. The summed E-state index contributed by atoms with van der Waals surface area (Å²) >= 11 is 7.15. The molecule has 1 unspecified atom stereocenters. The lowest BCUT2D eigenvalue weighted by Crippen LogP contribution is -2.33. The van der Waals surface area contributed by atoms with E-state index in [2.05, 4.69) is 4.98 Å². The first-order valence-corrected chi connectivity index (χ1v) is 4.93. The van der Waals surface area contributed by atoms with Crippen LogP contribution >= 0.6 is 22.9 Å². The average Bonchev–Trinajstić information content (AvgIpc) is 2.58. The number of hydrogen-bond donors (Lipinski definition) is 0. The Labute approximate surface area is 80.0 Å².